The quantitative estimate of drug-likeness (QED) is 0.260. The van der Waals surface area contributed by atoms with Gasteiger partial charge in [-0.1, -0.05) is 12.8 Å². The maximum absolute atomic E-state index is 4.71. The zero-order valence-electron chi connectivity index (χ0n) is 15.7. The van der Waals surface area contributed by atoms with E-state index in [9.17, 15) is 0 Å². The van der Waals surface area contributed by atoms with E-state index in [4.69, 9.17) is 4.99 Å². The van der Waals surface area contributed by atoms with Crippen molar-refractivity contribution >= 4 is 41.3 Å². The lowest BCUT2D eigenvalue weighted by atomic mass is 10.2. The Bertz CT molecular complexity index is 484. The summed E-state index contributed by atoms with van der Waals surface area (Å²) in [6.07, 6.45) is 7.63. The Morgan fingerprint density at radius 3 is 2.64 bits per heavy atom. The van der Waals surface area contributed by atoms with Crippen molar-refractivity contribution in [2.24, 2.45) is 4.99 Å². The van der Waals surface area contributed by atoms with Gasteiger partial charge in [-0.25, -0.2) is 4.98 Å². The second-order valence-electron chi connectivity index (χ2n) is 6.40. The third kappa shape index (κ3) is 9.75. The van der Waals surface area contributed by atoms with Crippen LogP contribution in [-0.4, -0.2) is 55.1 Å². The molecule has 0 bridgehead atoms. The lowest BCUT2D eigenvalue weighted by Crippen LogP contribution is -2.38. The van der Waals surface area contributed by atoms with Crippen LogP contribution < -0.4 is 10.6 Å². The summed E-state index contributed by atoms with van der Waals surface area (Å²) in [7, 11) is 0. The molecule has 0 spiro atoms. The molecule has 2 heterocycles. The molecule has 5 nitrogen and oxygen atoms in total. The maximum Gasteiger partial charge on any atom is 0.191 e. The third-order valence-corrected chi connectivity index (χ3v) is 5.11. The summed E-state index contributed by atoms with van der Waals surface area (Å²) in [5.41, 5.74) is 1.17. The number of nitrogens with zero attached hydrogens (tertiary/aromatic N) is 3. The van der Waals surface area contributed by atoms with E-state index in [0.717, 1.165) is 43.4 Å². The summed E-state index contributed by atoms with van der Waals surface area (Å²) < 4.78 is 0. The fourth-order valence-corrected chi connectivity index (χ4v) is 3.67. The summed E-state index contributed by atoms with van der Waals surface area (Å²) >= 11 is 1.72. The van der Waals surface area contributed by atoms with Crippen LogP contribution in [-0.2, 0) is 6.42 Å². The molecule has 2 rings (SSSR count). The van der Waals surface area contributed by atoms with Gasteiger partial charge in [-0.3, -0.25) is 4.99 Å². The average Bonchev–Trinajstić information content (AvgIpc) is 2.83. The van der Waals surface area contributed by atoms with Gasteiger partial charge in [0.2, 0.25) is 0 Å². The molecule has 1 aliphatic rings. The summed E-state index contributed by atoms with van der Waals surface area (Å²) in [4.78, 5) is 11.8. The number of rotatable bonds is 8. The fraction of sp³-hybridized carbons (Fsp3) is 0.778. The molecule has 1 saturated heterocycles. The highest BCUT2D eigenvalue weighted by Crippen LogP contribution is 2.10. The number of hydrogen-bond acceptors (Lipinski definition) is 4. The van der Waals surface area contributed by atoms with Gasteiger partial charge in [0, 0.05) is 31.4 Å². The Hall–Kier alpha value is -0.410. The average molecular weight is 479 g/mol. The zero-order valence-corrected chi connectivity index (χ0v) is 18.9. The van der Waals surface area contributed by atoms with Gasteiger partial charge < -0.3 is 15.5 Å². The van der Waals surface area contributed by atoms with E-state index in [2.05, 4.69) is 39.7 Å². The standard InChI is InChI=1S/C18H33N5S.HI/c1-3-19-18(21-11-9-17-15-24-16(2)22-17)20-10-8-14-23-12-6-4-5-7-13-23;/h15H,3-14H2,1-2H3,(H2,19,20,21);1H. The number of guanidine groups is 1. The first-order valence-corrected chi connectivity index (χ1v) is 10.3. The summed E-state index contributed by atoms with van der Waals surface area (Å²) in [5.74, 6) is 0.931. The van der Waals surface area contributed by atoms with Crippen LogP contribution in [0.25, 0.3) is 0 Å². The van der Waals surface area contributed by atoms with Crippen molar-refractivity contribution in [3.63, 3.8) is 0 Å². The molecule has 0 unspecified atom stereocenters. The number of thiazole rings is 1. The van der Waals surface area contributed by atoms with Gasteiger partial charge in [0.25, 0.3) is 0 Å². The predicted molar refractivity (Wildman–Crippen MR) is 119 cm³/mol. The van der Waals surface area contributed by atoms with Crippen LogP contribution in [0.4, 0.5) is 0 Å². The van der Waals surface area contributed by atoms with Crippen LogP contribution in [0.1, 0.15) is 49.7 Å². The van der Waals surface area contributed by atoms with Crippen molar-refractivity contribution < 1.29 is 0 Å². The molecule has 25 heavy (non-hydrogen) atoms. The van der Waals surface area contributed by atoms with Gasteiger partial charge in [0.05, 0.1) is 10.7 Å². The predicted octanol–water partition coefficient (Wildman–Crippen LogP) is 3.43. The maximum atomic E-state index is 4.71. The Morgan fingerprint density at radius 2 is 2.00 bits per heavy atom. The molecular weight excluding hydrogens is 445 g/mol. The molecule has 2 N–H and O–H groups in total. The van der Waals surface area contributed by atoms with E-state index in [1.54, 1.807) is 11.3 Å². The lowest BCUT2D eigenvalue weighted by Gasteiger charge is -2.19. The number of halogens is 1. The number of aryl methyl sites for hydroxylation is 1. The molecule has 0 aliphatic carbocycles. The SMILES string of the molecule is CCNC(=NCCCN1CCCCCC1)NCCc1csc(C)n1.I. The first-order chi connectivity index (χ1) is 11.8. The molecule has 144 valence electrons. The first-order valence-electron chi connectivity index (χ1n) is 9.43. The summed E-state index contributed by atoms with van der Waals surface area (Å²) in [6.45, 7) is 10.6. The minimum Gasteiger partial charge on any atom is -0.357 e. The number of hydrogen-bond donors (Lipinski definition) is 2. The molecule has 1 fully saturated rings. The van der Waals surface area contributed by atoms with Gasteiger partial charge in [-0.15, -0.1) is 35.3 Å². The number of likely N-dealkylation sites (tertiary alicyclic amines) is 1. The highest BCUT2D eigenvalue weighted by molar-refractivity contribution is 14.0. The van der Waals surface area contributed by atoms with Gasteiger partial charge in [-0.05, 0) is 52.7 Å². The van der Waals surface area contributed by atoms with Crippen molar-refractivity contribution in [1.29, 1.82) is 0 Å². The van der Waals surface area contributed by atoms with Gasteiger partial charge in [0.1, 0.15) is 0 Å². The highest BCUT2D eigenvalue weighted by atomic mass is 127. The molecular formula is C18H34IN5S. The first kappa shape index (κ1) is 22.6. The van der Waals surface area contributed by atoms with Crippen LogP contribution in [0, 0.1) is 6.92 Å². The van der Waals surface area contributed by atoms with Crippen LogP contribution in [0.5, 0.6) is 0 Å². The normalized spacial score (nSPS) is 16.2. The van der Waals surface area contributed by atoms with Gasteiger partial charge in [0.15, 0.2) is 5.96 Å². The highest BCUT2D eigenvalue weighted by Gasteiger charge is 2.08. The van der Waals surface area contributed by atoms with Crippen molar-refractivity contribution in [2.45, 2.75) is 52.4 Å². The largest absolute Gasteiger partial charge is 0.357 e. The Labute approximate surface area is 174 Å². The van der Waals surface area contributed by atoms with Gasteiger partial charge >= 0.3 is 0 Å². The number of aliphatic imine (C=N–C) groups is 1. The monoisotopic (exact) mass is 479 g/mol. The molecule has 0 aromatic carbocycles. The van der Waals surface area contributed by atoms with Crippen LogP contribution >= 0.6 is 35.3 Å². The number of aromatic nitrogens is 1. The Kier molecular flexibility index (Phi) is 12.4. The van der Waals surface area contributed by atoms with Crippen LogP contribution in [0.3, 0.4) is 0 Å². The Morgan fingerprint density at radius 1 is 1.24 bits per heavy atom. The van der Waals surface area contributed by atoms with E-state index >= 15 is 0 Å². The fourth-order valence-electron chi connectivity index (χ4n) is 3.02. The molecule has 1 aliphatic heterocycles. The second-order valence-corrected chi connectivity index (χ2v) is 7.47. The lowest BCUT2D eigenvalue weighted by molar-refractivity contribution is 0.283. The zero-order chi connectivity index (χ0) is 17.0. The van der Waals surface area contributed by atoms with Crippen molar-refractivity contribution in [3.8, 4) is 0 Å². The Balaban J connectivity index is 0.00000312. The van der Waals surface area contributed by atoms with Crippen molar-refractivity contribution in [3.05, 3.63) is 16.1 Å². The van der Waals surface area contributed by atoms with Crippen LogP contribution in [0.15, 0.2) is 10.4 Å². The minimum atomic E-state index is 0. The van der Waals surface area contributed by atoms with E-state index in [1.807, 2.05) is 0 Å². The topological polar surface area (TPSA) is 52.6 Å². The second kappa shape index (κ2) is 13.7. The molecule has 1 aromatic rings. The van der Waals surface area contributed by atoms with Gasteiger partial charge in [-0.2, -0.15) is 0 Å². The molecule has 0 radical (unpaired) electrons. The van der Waals surface area contributed by atoms with E-state index < -0.39 is 0 Å². The van der Waals surface area contributed by atoms with Crippen molar-refractivity contribution in [2.75, 3.05) is 39.3 Å². The van der Waals surface area contributed by atoms with E-state index in [1.165, 1.54) is 51.0 Å². The van der Waals surface area contributed by atoms with Crippen molar-refractivity contribution in [1.82, 2.24) is 20.5 Å². The van der Waals surface area contributed by atoms with E-state index in [0.29, 0.717) is 0 Å². The minimum absolute atomic E-state index is 0. The molecule has 7 heteroatoms. The molecule has 1 aromatic heterocycles. The third-order valence-electron chi connectivity index (χ3n) is 4.29. The molecule has 0 atom stereocenters. The summed E-state index contributed by atoms with van der Waals surface area (Å²) in [6, 6.07) is 0. The number of nitrogens with one attached hydrogen (secondary N) is 2. The van der Waals surface area contributed by atoms with E-state index in [-0.39, 0.29) is 24.0 Å². The molecule has 0 amide bonds. The smallest absolute Gasteiger partial charge is 0.191 e. The summed E-state index contributed by atoms with van der Waals surface area (Å²) in [5, 5.41) is 10.0. The van der Waals surface area contributed by atoms with Crippen LogP contribution in [0.2, 0.25) is 0 Å². The molecule has 0 saturated carbocycles.